The van der Waals surface area contributed by atoms with Gasteiger partial charge in [-0.1, -0.05) is 6.04 Å². The number of epoxide rings is 1. The maximum atomic E-state index is 5.72. The van der Waals surface area contributed by atoms with Gasteiger partial charge in [-0.2, -0.15) is 0 Å². The molecule has 2 saturated heterocycles. The van der Waals surface area contributed by atoms with Gasteiger partial charge in [0.15, 0.2) is 0 Å². The van der Waals surface area contributed by atoms with E-state index in [1.807, 2.05) is 0 Å². The molecule has 82 valence electrons. The second kappa shape index (κ2) is 6.36. The minimum absolute atomic E-state index is 0.129. The van der Waals surface area contributed by atoms with Gasteiger partial charge < -0.3 is 13.9 Å². The van der Waals surface area contributed by atoms with E-state index < -0.39 is 0 Å². The van der Waals surface area contributed by atoms with E-state index >= 15 is 0 Å². The van der Waals surface area contributed by atoms with Crippen LogP contribution in [-0.2, 0) is 13.9 Å². The third-order valence-corrected chi connectivity index (χ3v) is 39.3. The maximum Gasteiger partial charge on any atom is 0.139 e. The van der Waals surface area contributed by atoms with E-state index in [2.05, 4.69) is 0 Å². The normalized spacial score (nSPS) is 36.9. The summed E-state index contributed by atoms with van der Waals surface area (Å²) in [6, 6.07) is 1.51. The van der Waals surface area contributed by atoms with Gasteiger partial charge in [0.1, 0.15) is 15.4 Å². The van der Waals surface area contributed by atoms with Crippen molar-refractivity contribution in [3.8, 4) is 0 Å². The van der Waals surface area contributed by atoms with Gasteiger partial charge in [-0.3, -0.25) is 0 Å². The Hall–Kier alpha value is 0.748. The summed E-state index contributed by atoms with van der Waals surface area (Å²) >= 11 is 0. The van der Waals surface area contributed by atoms with Crippen LogP contribution in [-0.4, -0.2) is 66.9 Å². The third-order valence-electron chi connectivity index (χ3n) is 2.86. The van der Waals surface area contributed by atoms with E-state index in [0.717, 1.165) is 19.8 Å². The molecule has 0 saturated carbocycles. The van der Waals surface area contributed by atoms with Crippen LogP contribution < -0.4 is 0 Å². The molecular weight excluding hydrogens is 244 g/mol. The number of ether oxygens (including phenoxy) is 2. The molecule has 2 heterocycles. The largest absolute Gasteiger partial charge is 0.432 e. The first-order valence-corrected chi connectivity index (χ1v) is 19.2. The summed E-state index contributed by atoms with van der Waals surface area (Å²) in [5.41, 5.74) is 0. The van der Waals surface area contributed by atoms with E-state index in [-0.39, 0.29) is 17.6 Å². The molecule has 0 aromatic rings. The Kier molecular flexibility index (Phi) is 5.10. The molecule has 3 nitrogen and oxygen atoms in total. The van der Waals surface area contributed by atoms with E-state index in [1.54, 1.807) is 0 Å². The highest BCUT2D eigenvalue weighted by molar-refractivity contribution is 7.48. The van der Waals surface area contributed by atoms with E-state index in [1.165, 1.54) is 18.7 Å². The van der Waals surface area contributed by atoms with Crippen molar-refractivity contribution in [2.75, 3.05) is 26.1 Å². The molecule has 2 aliphatic heterocycles. The van der Waals surface area contributed by atoms with Gasteiger partial charge >= 0.3 is 0 Å². The van der Waals surface area contributed by atoms with Gasteiger partial charge in [0, 0.05) is 29.9 Å². The highest BCUT2D eigenvalue weighted by atomic mass is 29.7. The summed E-state index contributed by atoms with van der Waals surface area (Å²) in [7, 11) is 0.847. The quantitative estimate of drug-likeness (QED) is 0.298. The average molecular weight is 265 g/mol. The van der Waals surface area contributed by atoms with Crippen molar-refractivity contribution in [2.45, 2.75) is 18.6 Å². The fraction of sp³-hybridized carbons (Fsp3) is 1.00. The first kappa shape index (κ1) is 11.2. The lowest BCUT2D eigenvalue weighted by Crippen LogP contribution is -2.42. The number of rotatable bonds is 6. The lowest BCUT2D eigenvalue weighted by atomic mass is 10.5. The maximum absolute atomic E-state index is 5.72. The lowest BCUT2D eigenvalue weighted by molar-refractivity contribution is 0.117. The second-order valence-corrected chi connectivity index (χ2v) is 29.1. The van der Waals surface area contributed by atoms with Gasteiger partial charge in [-0.05, 0) is 6.42 Å². The molecule has 0 bridgehead atoms. The molecule has 2 aliphatic rings. The van der Waals surface area contributed by atoms with Gasteiger partial charge in [0.2, 0.25) is 0 Å². The molecular formula is C7H20O3Si4. The van der Waals surface area contributed by atoms with Gasteiger partial charge in [0.05, 0.1) is 21.5 Å². The second-order valence-electron chi connectivity index (χ2n) is 4.26. The molecule has 14 heavy (non-hydrogen) atoms. The molecule has 0 N–H and O–H groups in total. The zero-order chi connectivity index (χ0) is 9.64. The molecule has 2 fully saturated rings. The van der Waals surface area contributed by atoms with Crippen LogP contribution in [0.2, 0.25) is 6.04 Å². The molecule has 0 aromatic carbocycles. The highest BCUT2D eigenvalue weighted by Gasteiger charge is 2.22. The number of hydrogen-bond acceptors (Lipinski definition) is 3. The zero-order valence-corrected chi connectivity index (χ0v) is 14.1. The summed E-state index contributed by atoms with van der Waals surface area (Å²) in [6.07, 6.45) is 3.01. The molecule has 7 heteroatoms. The van der Waals surface area contributed by atoms with Crippen molar-refractivity contribution >= 4 is 34.7 Å². The van der Waals surface area contributed by atoms with Crippen molar-refractivity contribution in [2.24, 2.45) is 0 Å². The molecule has 0 spiro atoms. The van der Waals surface area contributed by atoms with Crippen molar-refractivity contribution in [3.05, 3.63) is 0 Å². The molecule has 0 amide bonds. The van der Waals surface area contributed by atoms with Crippen LogP contribution in [0.3, 0.4) is 0 Å². The van der Waals surface area contributed by atoms with Crippen molar-refractivity contribution < 1.29 is 13.9 Å². The van der Waals surface area contributed by atoms with Crippen LogP contribution in [0.5, 0.6) is 0 Å². The topological polar surface area (TPSA) is 31.0 Å². The Bertz CT molecular complexity index is 161. The number of hydrogen-bond donors (Lipinski definition) is 0. The lowest BCUT2D eigenvalue weighted by Gasteiger charge is -2.19. The summed E-state index contributed by atoms with van der Waals surface area (Å²) < 4.78 is 16.3. The fourth-order valence-electron chi connectivity index (χ4n) is 1.89. The first-order valence-electron chi connectivity index (χ1n) is 5.72. The Balaban J connectivity index is 1.41. The Morgan fingerprint density at radius 1 is 1.50 bits per heavy atom. The highest BCUT2D eigenvalue weighted by Crippen LogP contribution is 2.09. The zero-order valence-electron chi connectivity index (χ0n) is 8.74. The summed E-state index contributed by atoms with van der Waals surface area (Å²) in [5, 5.41) is 0. The van der Waals surface area contributed by atoms with Crippen molar-refractivity contribution in [1.82, 2.24) is 0 Å². The predicted molar refractivity (Wildman–Crippen MR) is 68.7 cm³/mol. The summed E-state index contributed by atoms with van der Waals surface area (Å²) in [4.78, 5) is 0. The first-order chi connectivity index (χ1) is 6.95. The predicted octanol–water partition coefficient (Wildman–Crippen LogP) is -2.66. The standard InChI is InChI=1S/C7H20O3Si4/c1(2-8-4-7-5-9-7)3-14-6-10-11-12-13-14/h7,14H,1-6,11-13H2. The van der Waals surface area contributed by atoms with Crippen LogP contribution in [0.1, 0.15) is 6.42 Å². The third kappa shape index (κ3) is 4.51. The summed E-state index contributed by atoms with van der Waals surface area (Å²) in [6.45, 7) is 2.73. The Morgan fingerprint density at radius 3 is 3.14 bits per heavy atom. The molecule has 0 aromatic heterocycles. The molecule has 0 aliphatic carbocycles. The van der Waals surface area contributed by atoms with Crippen molar-refractivity contribution in [1.29, 1.82) is 0 Å². The molecule has 0 radical (unpaired) electrons. The summed E-state index contributed by atoms with van der Waals surface area (Å²) in [5.74, 6) is 0. The molecule has 2 rings (SSSR count). The van der Waals surface area contributed by atoms with E-state index in [0.29, 0.717) is 23.2 Å². The Morgan fingerprint density at radius 2 is 2.43 bits per heavy atom. The Labute approximate surface area is 93.4 Å². The van der Waals surface area contributed by atoms with Crippen LogP contribution in [0.4, 0.5) is 0 Å². The van der Waals surface area contributed by atoms with Crippen LogP contribution >= 0.6 is 0 Å². The smallest absolute Gasteiger partial charge is 0.139 e. The monoisotopic (exact) mass is 264 g/mol. The fourth-order valence-corrected chi connectivity index (χ4v) is 47.0. The molecule has 2 unspecified atom stereocenters. The van der Waals surface area contributed by atoms with Crippen LogP contribution in [0.25, 0.3) is 0 Å². The molecule has 2 atom stereocenters. The van der Waals surface area contributed by atoms with Crippen LogP contribution in [0, 0.1) is 0 Å². The van der Waals surface area contributed by atoms with E-state index in [4.69, 9.17) is 13.9 Å². The minimum Gasteiger partial charge on any atom is -0.432 e. The van der Waals surface area contributed by atoms with Gasteiger partial charge in [-0.25, -0.2) is 0 Å². The minimum atomic E-state index is -0.276. The SMILES string of the molecule is C(COCC1CO1)C[SiH]1CO[SiH2][SiH2][SiH2]1. The van der Waals surface area contributed by atoms with Crippen molar-refractivity contribution in [3.63, 3.8) is 0 Å². The van der Waals surface area contributed by atoms with E-state index in [9.17, 15) is 0 Å². The van der Waals surface area contributed by atoms with Gasteiger partial charge in [-0.15, -0.1) is 0 Å². The van der Waals surface area contributed by atoms with Gasteiger partial charge in [0.25, 0.3) is 0 Å². The average Bonchev–Trinajstić information content (AvgIpc) is 3.03. The van der Waals surface area contributed by atoms with Crippen LogP contribution in [0.15, 0.2) is 0 Å².